The molecule has 1 aromatic carbocycles. The Morgan fingerprint density at radius 1 is 0.979 bits per heavy atom. The van der Waals surface area contributed by atoms with Gasteiger partial charge in [-0.2, -0.15) is 0 Å². The summed E-state index contributed by atoms with van der Waals surface area (Å²) in [7, 11) is 0. The van der Waals surface area contributed by atoms with Gasteiger partial charge in [0.1, 0.15) is 23.5 Å². The van der Waals surface area contributed by atoms with Crippen molar-refractivity contribution in [3.8, 4) is 5.75 Å². The van der Waals surface area contributed by atoms with E-state index in [-0.39, 0.29) is 42.2 Å². The Balaban J connectivity index is 1.20. The van der Waals surface area contributed by atoms with Crippen LogP contribution in [0.15, 0.2) is 24.3 Å². The number of likely N-dealkylation sites (tertiary alicyclic amines) is 1. The minimum absolute atomic E-state index is 0.0452. The smallest absolute Gasteiger partial charge is 0.409 e. The van der Waals surface area contributed by atoms with Crippen LogP contribution in [-0.4, -0.2) is 113 Å². The first-order chi connectivity index (χ1) is 22.6. The van der Waals surface area contributed by atoms with Gasteiger partial charge in [0, 0.05) is 50.2 Å². The van der Waals surface area contributed by atoms with Crippen LogP contribution in [0.4, 0.5) is 4.79 Å². The van der Waals surface area contributed by atoms with Gasteiger partial charge in [-0.1, -0.05) is 19.4 Å². The molecule has 5 rings (SSSR count). The van der Waals surface area contributed by atoms with E-state index < -0.39 is 18.0 Å². The summed E-state index contributed by atoms with van der Waals surface area (Å²) in [5, 5.41) is 6.43. The highest BCUT2D eigenvalue weighted by Gasteiger charge is 2.36. The highest BCUT2D eigenvalue weighted by atomic mass is 16.6. The van der Waals surface area contributed by atoms with E-state index in [1.54, 1.807) is 21.6 Å². The lowest BCUT2D eigenvalue weighted by Gasteiger charge is -2.35. The number of hydrogen-bond donors (Lipinski definition) is 2. The minimum atomic E-state index is -0.843. The average Bonchev–Trinajstić information content (AvgIpc) is 3.55. The van der Waals surface area contributed by atoms with E-state index in [9.17, 15) is 24.0 Å². The number of rotatable bonds is 11. The molecule has 13 heteroatoms. The van der Waals surface area contributed by atoms with Gasteiger partial charge in [-0.05, 0) is 70.1 Å². The first-order valence-corrected chi connectivity index (χ1v) is 16.8. The van der Waals surface area contributed by atoms with E-state index >= 15 is 0 Å². The molecule has 3 heterocycles. The zero-order chi connectivity index (χ0) is 33.5. The van der Waals surface area contributed by atoms with E-state index in [2.05, 4.69) is 15.6 Å². The number of nitrogens with one attached hydrogen (secondary N) is 2. The van der Waals surface area contributed by atoms with Gasteiger partial charge in [-0.3, -0.25) is 19.2 Å². The second-order valence-electron chi connectivity index (χ2n) is 12.7. The minimum Gasteiger partial charge on any atom is -0.483 e. The normalized spacial score (nSPS) is 18.8. The third-order valence-corrected chi connectivity index (χ3v) is 9.13. The van der Waals surface area contributed by atoms with Crippen LogP contribution in [0, 0.1) is 6.92 Å². The number of carbonyl (C=O) groups is 5. The van der Waals surface area contributed by atoms with Crippen molar-refractivity contribution >= 4 is 40.6 Å². The Hall–Kier alpha value is -4.42. The molecule has 3 fully saturated rings. The molecule has 2 aliphatic heterocycles. The maximum Gasteiger partial charge on any atom is 0.409 e. The zero-order valence-electron chi connectivity index (χ0n) is 27.6. The summed E-state index contributed by atoms with van der Waals surface area (Å²) in [4.78, 5) is 74.3. The van der Waals surface area contributed by atoms with Crippen LogP contribution in [-0.2, 0) is 19.1 Å². The number of ether oxygens (including phenoxy) is 2. The average molecular weight is 651 g/mol. The molecule has 254 valence electrons. The number of fused-ring (bicyclic) bond motifs is 1. The predicted molar refractivity (Wildman–Crippen MR) is 174 cm³/mol. The first kappa shape index (κ1) is 33.9. The van der Waals surface area contributed by atoms with Crippen LogP contribution >= 0.6 is 0 Å². The van der Waals surface area contributed by atoms with Crippen molar-refractivity contribution < 1.29 is 33.4 Å². The zero-order valence-corrected chi connectivity index (χ0v) is 27.6. The van der Waals surface area contributed by atoms with Gasteiger partial charge < -0.3 is 34.8 Å². The standard InChI is InChI=1S/C34H46N6O7/c1-4-5-18-46-34(45)39-16-14-38(15-17-39)33(44)23(3)35-31(42)27-20-29(25-12-11-22(2)19-26(25)37-27)47-21-30(41)40-13-7-10-28(40)32(43)36-24-8-6-9-24/h11-12,19-20,23-24,28H,4-10,13-18,21H2,1-3H3,(H,35,42)(H,36,43). The second-order valence-corrected chi connectivity index (χ2v) is 12.7. The topological polar surface area (TPSA) is 150 Å². The highest BCUT2D eigenvalue weighted by Crippen LogP contribution is 2.28. The molecule has 2 saturated heterocycles. The SMILES string of the molecule is CCCCOC(=O)N1CCN(C(=O)C(C)NC(=O)c2cc(OCC(=O)N3CCCC3C(=O)NC3CCC3)c3ccc(C)cc3n2)CC1. The number of carbonyl (C=O) groups excluding carboxylic acids is 5. The lowest BCUT2D eigenvalue weighted by atomic mass is 9.93. The van der Waals surface area contributed by atoms with Gasteiger partial charge in [0.2, 0.25) is 11.8 Å². The quantitative estimate of drug-likeness (QED) is 0.353. The Bertz CT molecular complexity index is 1490. The van der Waals surface area contributed by atoms with Crippen molar-refractivity contribution in [3.63, 3.8) is 0 Å². The molecule has 1 aliphatic carbocycles. The fraction of sp³-hybridized carbons (Fsp3) is 0.588. The summed E-state index contributed by atoms with van der Waals surface area (Å²) in [5.41, 5.74) is 1.49. The second kappa shape index (κ2) is 15.4. The number of unbranched alkanes of at least 4 members (excludes halogenated alkanes) is 1. The molecule has 2 atom stereocenters. The van der Waals surface area contributed by atoms with Crippen LogP contribution in [0.3, 0.4) is 0 Å². The van der Waals surface area contributed by atoms with Crippen molar-refractivity contribution in [1.29, 1.82) is 0 Å². The molecule has 0 bridgehead atoms. The van der Waals surface area contributed by atoms with Gasteiger partial charge in [0.15, 0.2) is 6.61 Å². The van der Waals surface area contributed by atoms with Gasteiger partial charge in [0.25, 0.3) is 11.8 Å². The molecule has 2 unspecified atom stereocenters. The fourth-order valence-corrected chi connectivity index (χ4v) is 6.06. The van der Waals surface area contributed by atoms with Crippen LogP contribution in [0.25, 0.3) is 10.9 Å². The van der Waals surface area contributed by atoms with E-state index in [1.807, 2.05) is 32.0 Å². The third-order valence-electron chi connectivity index (χ3n) is 9.13. The molecular weight excluding hydrogens is 604 g/mol. The largest absolute Gasteiger partial charge is 0.483 e. The number of benzene rings is 1. The molecule has 47 heavy (non-hydrogen) atoms. The van der Waals surface area contributed by atoms with Crippen molar-refractivity contribution in [3.05, 3.63) is 35.5 Å². The van der Waals surface area contributed by atoms with Crippen LogP contribution in [0.2, 0.25) is 0 Å². The lowest BCUT2D eigenvalue weighted by molar-refractivity contribution is -0.140. The number of aromatic nitrogens is 1. The van der Waals surface area contributed by atoms with E-state index in [0.29, 0.717) is 62.4 Å². The van der Waals surface area contributed by atoms with Crippen molar-refractivity contribution in [1.82, 2.24) is 30.3 Å². The molecule has 13 nitrogen and oxygen atoms in total. The maximum atomic E-state index is 13.4. The lowest BCUT2D eigenvalue weighted by Crippen LogP contribution is -2.55. The Morgan fingerprint density at radius 2 is 1.72 bits per heavy atom. The molecule has 0 spiro atoms. The van der Waals surface area contributed by atoms with Gasteiger partial charge >= 0.3 is 6.09 Å². The number of amides is 5. The van der Waals surface area contributed by atoms with Gasteiger partial charge in [0.05, 0.1) is 12.1 Å². The van der Waals surface area contributed by atoms with Crippen LogP contribution in [0.5, 0.6) is 5.75 Å². The molecule has 1 aromatic heterocycles. The number of hydrogen-bond acceptors (Lipinski definition) is 8. The van der Waals surface area contributed by atoms with Gasteiger partial charge in [-0.15, -0.1) is 0 Å². The molecular formula is C34H46N6O7. The molecule has 0 radical (unpaired) electrons. The van der Waals surface area contributed by atoms with E-state index in [4.69, 9.17) is 9.47 Å². The van der Waals surface area contributed by atoms with Crippen molar-refractivity contribution in [2.75, 3.05) is 45.9 Å². The summed E-state index contributed by atoms with van der Waals surface area (Å²) in [5.74, 6) is -0.926. The number of nitrogens with zero attached hydrogens (tertiary/aromatic N) is 4. The fourth-order valence-electron chi connectivity index (χ4n) is 6.06. The van der Waals surface area contributed by atoms with Crippen LogP contribution < -0.4 is 15.4 Å². The molecule has 1 saturated carbocycles. The molecule has 2 N–H and O–H groups in total. The van der Waals surface area contributed by atoms with E-state index in [0.717, 1.165) is 44.1 Å². The summed E-state index contributed by atoms with van der Waals surface area (Å²) in [6.45, 7) is 7.48. The van der Waals surface area contributed by atoms with Crippen molar-refractivity contribution in [2.45, 2.75) is 83.8 Å². The summed E-state index contributed by atoms with van der Waals surface area (Å²) < 4.78 is 11.3. The summed E-state index contributed by atoms with van der Waals surface area (Å²) in [6, 6.07) is 5.87. The number of piperazine rings is 1. The Labute approximate surface area is 275 Å². The first-order valence-electron chi connectivity index (χ1n) is 16.8. The van der Waals surface area contributed by atoms with E-state index in [1.165, 1.54) is 6.07 Å². The molecule has 5 amide bonds. The Kier molecular flexibility index (Phi) is 11.2. The molecule has 3 aliphatic rings. The summed E-state index contributed by atoms with van der Waals surface area (Å²) in [6.07, 6.45) is 5.78. The predicted octanol–water partition coefficient (Wildman–Crippen LogP) is 2.78. The maximum absolute atomic E-state index is 13.4. The number of pyridine rings is 1. The Morgan fingerprint density at radius 3 is 2.43 bits per heavy atom. The van der Waals surface area contributed by atoms with Crippen molar-refractivity contribution in [2.24, 2.45) is 0 Å². The van der Waals surface area contributed by atoms with Crippen LogP contribution in [0.1, 0.15) is 74.8 Å². The highest BCUT2D eigenvalue weighted by molar-refractivity contribution is 5.99. The summed E-state index contributed by atoms with van der Waals surface area (Å²) >= 11 is 0. The number of aryl methyl sites for hydroxylation is 1. The monoisotopic (exact) mass is 650 g/mol. The van der Waals surface area contributed by atoms with Gasteiger partial charge in [-0.25, -0.2) is 9.78 Å². The third kappa shape index (κ3) is 8.30. The molecule has 2 aromatic rings.